The number of nitrogens with one attached hydrogen (secondary N) is 4. The molecule has 4 atom stereocenters. The maximum Gasteiger partial charge on any atom is 0.407 e. The van der Waals surface area contributed by atoms with Gasteiger partial charge < -0.3 is 40.2 Å². The summed E-state index contributed by atoms with van der Waals surface area (Å²) in [5.74, 6) is -0.792. The lowest BCUT2D eigenvalue weighted by molar-refractivity contribution is -0.140. The summed E-state index contributed by atoms with van der Waals surface area (Å²) in [5.41, 5.74) is -0.319. The number of amides is 3. The molecule has 2 rings (SSSR count). The highest BCUT2D eigenvalue weighted by molar-refractivity contribution is 5.87. The fourth-order valence-corrected chi connectivity index (χ4v) is 7.60. The van der Waals surface area contributed by atoms with Crippen LogP contribution in [0.5, 0.6) is 0 Å². The van der Waals surface area contributed by atoms with Gasteiger partial charge in [-0.05, 0) is 67.1 Å². The van der Waals surface area contributed by atoms with Crippen LogP contribution in [0.1, 0.15) is 87.0 Å². The van der Waals surface area contributed by atoms with Crippen LogP contribution in [0.15, 0.2) is 12.2 Å². The molecular formula is C33H56N4O9. The first-order chi connectivity index (χ1) is 21.2. The van der Waals surface area contributed by atoms with Crippen molar-refractivity contribution in [2.75, 3.05) is 46.6 Å². The average molecular weight is 653 g/mol. The molecule has 0 spiro atoms. The molecule has 3 amide bonds. The predicted molar refractivity (Wildman–Crippen MR) is 172 cm³/mol. The van der Waals surface area contributed by atoms with Crippen molar-refractivity contribution in [3.05, 3.63) is 12.2 Å². The van der Waals surface area contributed by atoms with E-state index in [-0.39, 0.29) is 71.5 Å². The summed E-state index contributed by atoms with van der Waals surface area (Å²) in [7, 11) is 1.35. The molecular weight excluding hydrogens is 596 g/mol. The Labute approximate surface area is 273 Å². The summed E-state index contributed by atoms with van der Waals surface area (Å²) in [4.78, 5) is 60.6. The molecule has 0 aromatic rings. The Balaban J connectivity index is 1.75. The molecule has 0 radical (unpaired) electrons. The Bertz CT molecular complexity index is 1120. The summed E-state index contributed by atoms with van der Waals surface area (Å²) in [6, 6.07) is -0.208. The van der Waals surface area contributed by atoms with Crippen molar-refractivity contribution >= 4 is 30.0 Å². The number of esters is 1. The number of hydrogen-bond acceptors (Lipinski definition) is 10. The van der Waals surface area contributed by atoms with Gasteiger partial charge in [-0.2, -0.15) is 0 Å². The zero-order valence-corrected chi connectivity index (χ0v) is 29.0. The highest BCUT2D eigenvalue weighted by atomic mass is 16.6. The van der Waals surface area contributed by atoms with E-state index in [1.54, 1.807) is 0 Å². The molecule has 0 aromatic heterocycles. The molecule has 2 aliphatic carbocycles. The molecule has 0 bridgehead atoms. The van der Waals surface area contributed by atoms with Gasteiger partial charge in [-0.15, -0.1) is 0 Å². The van der Waals surface area contributed by atoms with Crippen LogP contribution < -0.4 is 21.3 Å². The van der Waals surface area contributed by atoms with Gasteiger partial charge in [0, 0.05) is 30.7 Å². The molecule has 2 fully saturated rings. The molecule has 2 aliphatic rings. The molecule has 13 heteroatoms. The van der Waals surface area contributed by atoms with Crippen LogP contribution in [0, 0.1) is 21.7 Å². The molecule has 46 heavy (non-hydrogen) atoms. The third-order valence-electron chi connectivity index (χ3n) is 8.51. The number of hydrogen-bond donors (Lipinski definition) is 4. The summed E-state index contributed by atoms with van der Waals surface area (Å²) in [6.45, 7) is 18.2. The van der Waals surface area contributed by atoms with Gasteiger partial charge in [-0.1, -0.05) is 48.1 Å². The van der Waals surface area contributed by atoms with E-state index in [2.05, 4.69) is 62.5 Å². The Morgan fingerprint density at radius 2 is 1.24 bits per heavy atom. The van der Waals surface area contributed by atoms with E-state index in [0.29, 0.717) is 19.5 Å². The number of alkyl carbamates (subject to hydrolysis) is 3. The second-order valence-corrected chi connectivity index (χ2v) is 15.4. The van der Waals surface area contributed by atoms with E-state index < -0.39 is 24.2 Å². The van der Waals surface area contributed by atoms with Gasteiger partial charge in [0.2, 0.25) is 0 Å². The number of carbonyl (C=O) groups is 5. The Hall–Kier alpha value is -3.35. The third kappa shape index (κ3) is 14.0. The van der Waals surface area contributed by atoms with Crippen molar-refractivity contribution in [2.24, 2.45) is 21.7 Å². The fraction of sp³-hybridized carbons (Fsp3) is 0.788. The van der Waals surface area contributed by atoms with Crippen molar-refractivity contribution in [3.8, 4) is 0 Å². The van der Waals surface area contributed by atoms with Gasteiger partial charge >= 0.3 is 24.2 Å². The van der Waals surface area contributed by atoms with Crippen LogP contribution in [0.3, 0.4) is 0 Å². The summed E-state index contributed by atoms with van der Waals surface area (Å²) >= 11 is 0. The molecule has 0 aliphatic heterocycles. The second kappa shape index (κ2) is 16.5. The first-order valence-electron chi connectivity index (χ1n) is 16.0. The zero-order chi connectivity index (χ0) is 34.8. The van der Waals surface area contributed by atoms with Crippen LogP contribution >= 0.6 is 0 Å². The lowest BCUT2D eigenvalue weighted by Crippen LogP contribution is -2.50. The standard InChI is InChI=1S/C33H56N4O9/c1-22(2)26(39)44-10-11-45-29(42)37-24-13-31(5,6)19-33(8,15-24)21-35-27(40)46-17-25(38)16-34-20-32(7)14-23(36-28(41)43-9)12-30(3,4)18-32/h23-24,34H,1,10-21H2,2-9H3,(H,35,40)(H,36,41)(H,37,42). The first-order valence-corrected chi connectivity index (χ1v) is 16.0. The lowest BCUT2D eigenvalue weighted by Gasteiger charge is -2.46. The minimum absolute atomic E-state index is 0.0117. The van der Waals surface area contributed by atoms with E-state index in [9.17, 15) is 24.0 Å². The molecule has 0 saturated heterocycles. The molecule has 2 saturated carbocycles. The van der Waals surface area contributed by atoms with Gasteiger partial charge in [0.05, 0.1) is 13.7 Å². The highest BCUT2D eigenvalue weighted by Gasteiger charge is 2.43. The van der Waals surface area contributed by atoms with Crippen molar-refractivity contribution in [2.45, 2.75) is 99.1 Å². The quantitative estimate of drug-likeness (QED) is 0.0921. The van der Waals surface area contributed by atoms with Crippen LogP contribution in [0.25, 0.3) is 0 Å². The number of methoxy groups -OCH3 is 1. The number of Topliss-reactive ketones (excluding diaryl/α,β-unsaturated/α-hetero) is 1. The van der Waals surface area contributed by atoms with Crippen LogP contribution in [-0.2, 0) is 28.5 Å². The van der Waals surface area contributed by atoms with Gasteiger partial charge in [-0.3, -0.25) is 4.79 Å². The van der Waals surface area contributed by atoms with Crippen molar-refractivity contribution in [3.63, 3.8) is 0 Å². The highest BCUT2D eigenvalue weighted by Crippen LogP contribution is 2.46. The molecule has 0 heterocycles. The molecule has 4 N–H and O–H groups in total. The smallest absolute Gasteiger partial charge is 0.407 e. The van der Waals surface area contributed by atoms with Crippen LogP contribution in [0.4, 0.5) is 14.4 Å². The average Bonchev–Trinajstić information content (AvgIpc) is 2.90. The van der Waals surface area contributed by atoms with E-state index >= 15 is 0 Å². The number of ether oxygens (including phenoxy) is 4. The second-order valence-electron chi connectivity index (χ2n) is 15.4. The molecule has 13 nitrogen and oxygen atoms in total. The minimum Gasteiger partial charge on any atom is -0.459 e. The normalized spacial score (nSPS) is 26.5. The minimum atomic E-state index is -0.677. The van der Waals surface area contributed by atoms with Gasteiger partial charge in [-0.25, -0.2) is 19.2 Å². The molecule has 262 valence electrons. The first kappa shape index (κ1) is 38.8. The van der Waals surface area contributed by atoms with Crippen molar-refractivity contribution in [1.82, 2.24) is 21.3 Å². The monoisotopic (exact) mass is 652 g/mol. The number of carbonyl (C=O) groups excluding carboxylic acids is 5. The Morgan fingerprint density at radius 3 is 1.78 bits per heavy atom. The third-order valence-corrected chi connectivity index (χ3v) is 8.51. The number of ketones is 1. The van der Waals surface area contributed by atoms with Crippen molar-refractivity contribution < 1.29 is 42.9 Å². The van der Waals surface area contributed by atoms with Crippen molar-refractivity contribution in [1.29, 1.82) is 0 Å². The van der Waals surface area contributed by atoms with E-state index in [4.69, 9.17) is 18.9 Å². The summed E-state index contributed by atoms with van der Waals surface area (Å²) in [6.07, 6.45) is 2.94. The fourth-order valence-electron chi connectivity index (χ4n) is 7.60. The zero-order valence-electron chi connectivity index (χ0n) is 29.0. The largest absolute Gasteiger partial charge is 0.459 e. The van der Waals surface area contributed by atoms with Gasteiger partial charge in [0.1, 0.15) is 13.2 Å². The SMILES string of the molecule is C=C(C)C(=O)OCCOC(=O)NC1CC(C)(C)CC(C)(CNC(=O)OCC(=O)CNCC2(C)CC(NC(=O)OC)CC(C)(C)C2)C1. The maximum absolute atomic E-state index is 12.5. The predicted octanol–water partition coefficient (Wildman–Crippen LogP) is 4.24. The topological polar surface area (TPSA) is 170 Å². The Kier molecular flexibility index (Phi) is 13.9. The Morgan fingerprint density at radius 1 is 0.717 bits per heavy atom. The lowest BCUT2D eigenvalue weighted by atomic mass is 9.62. The van der Waals surface area contributed by atoms with Gasteiger partial charge in [0.15, 0.2) is 12.4 Å². The maximum atomic E-state index is 12.5. The van der Waals surface area contributed by atoms with E-state index in [0.717, 1.165) is 32.1 Å². The summed E-state index contributed by atoms with van der Waals surface area (Å²) < 4.78 is 20.1. The number of rotatable bonds is 14. The van der Waals surface area contributed by atoms with E-state index in [1.807, 2.05) is 6.92 Å². The van der Waals surface area contributed by atoms with Crippen LogP contribution in [0.2, 0.25) is 0 Å². The van der Waals surface area contributed by atoms with Gasteiger partial charge in [0.25, 0.3) is 0 Å². The molecule has 0 aromatic carbocycles. The van der Waals surface area contributed by atoms with E-state index in [1.165, 1.54) is 14.0 Å². The molecule has 4 unspecified atom stereocenters. The van der Waals surface area contributed by atoms with Crippen LogP contribution in [-0.4, -0.2) is 88.7 Å². The summed E-state index contributed by atoms with van der Waals surface area (Å²) in [5, 5.41) is 11.8.